The van der Waals surface area contributed by atoms with E-state index in [1.54, 1.807) is 24.3 Å². The number of aromatic nitrogens is 4. The second-order valence-electron chi connectivity index (χ2n) is 4.07. The van der Waals surface area contributed by atoms with E-state index in [2.05, 4.69) is 15.1 Å². The molecule has 3 rings (SSSR count). The third-order valence-electron chi connectivity index (χ3n) is 2.67. The van der Waals surface area contributed by atoms with E-state index in [9.17, 15) is 13.2 Å². The molecule has 0 bridgehead atoms. The van der Waals surface area contributed by atoms with E-state index in [-0.39, 0.29) is 11.6 Å². The summed E-state index contributed by atoms with van der Waals surface area (Å²) in [6.45, 7) is 0. The van der Waals surface area contributed by atoms with Crippen molar-refractivity contribution in [2.75, 3.05) is 5.73 Å². The molecule has 0 spiro atoms. The van der Waals surface area contributed by atoms with Gasteiger partial charge in [-0.3, -0.25) is 0 Å². The Balaban J connectivity index is 2.19. The first-order valence-electron chi connectivity index (χ1n) is 5.61. The van der Waals surface area contributed by atoms with Gasteiger partial charge >= 0.3 is 6.18 Å². The molecule has 0 aliphatic heterocycles. The van der Waals surface area contributed by atoms with Crippen molar-refractivity contribution >= 4 is 11.6 Å². The molecule has 5 nitrogen and oxygen atoms in total. The van der Waals surface area contributed by atoms with Crippen molar-refractivity contribution in [2.24, 2.45) is 0 Å². The maximum atomic E-state index is 12.6. The topological polar surface area (TPSA) is 69.1 Å². The van der Waals surface area contributed by atoms with Crippen LogP contribution in [0.2, 0.25) is 0 Å². The highest BCUT2D eigenvalue weighted by Gasteiger charge is 2.36. The van der Waals surface area contributed by atoms with Crippen LogP contribution in [0.25, 0.3) is 16.9 Å². The van der Waals surface area contributed by atoms with Gasteiger partial charge < -0.3 is 5.73 Å². The predicted molar refractivity (Wildman–Crippen MR) is 65.6 cm³/mol. The standard InChI is InChI=1S/C12H8F3N5/c13-12(14,15)10-18-9-6-8(7-4-2-1-3-5-7)17-11(16)20(9)19-10/h1-6H,(H2,16,17). The van der Waals surface area contributed by atoms with Gasteiger partial charge in [-0.1, -0.05) is 30.3 Å². The number of anilines is 1. The Morgan fingerprint density at radius 1 is 1.05 bits per heavy atom. The fraction of sp³-hybridized carbons (Fsp3) is 0.0833. The van der Waals surface area contributed by atoms with E-state index in [1.807, 2.05) is 6.07 Å². The van der Waals surface area contributed by atoms with E-state index >= 15 is 0 Å². The number of benzene rings is 1. The lowest BCUT2D eigenvalue weighted by Gasteiger charge is -2.02. The highest BCUT2D eigenvalue weighted by molar-refractivity contribution is 5.65. The molecule has 0 aliphatic carbocycles. The number of halogens is 3. The Hall–Kier alpha value is -2.64. The summed E-state index contributed by atoms with van der Waals surface area (Å²) in [5.41, 5.74) is 6.81. The monoisotopic (exact) mass is 279 g/mol. The fourth-order valence-corrected chi connectivity index (χ4v) is 1.79. The Bertz CT molecular complexity index is 764. The molecule has 8 heteroatoms. The van der Waals surface area contributed by atoms with Crippen LogP contribution >= 0.6 is 0 Å². The molecule has 0 saturated heterocycles. The van der Waals surface area contributed by atoms with Gasteiger partial charge in [0, 0.05) is 11.6 Å². The van der Waals surface area contributed by atoms with Crippen molar-refractivity contribution in [2.45, 2.75) is 6.18 Å². The molecule has 2 aromatic heterocycles. The van der Waals surface area contributed by atoms with Gasteiger partial charge in [0.05, 0.1) is 5.69 Å². The van der Waals surface area contributed by atoms with E-state index in [4.69, 9.17) is 5.73 Å². The van der Waals surface area contributed by atoms with Crippen molar-refractivity contribution < 1.29 is 13.2 Å². The highest BCUT2D eigenvalue weighted by Crippen LogP contribution is 2.28. The molecule has 0 radical (unpaired) electrons. The quantitative estimate of drug-likeness (QED) is 0.742. The molecular weight excluding hydrogens is 271 g/mol. The Kier molecular flexibility index (Phi) is 2.60. The lowest BCUT2D eigenvalue weighted by Crippen LogP contribution is -2.08. The number of nitrogen functional groups attached to an aromatic ring is 1. The van der Waals surface area contributed by atoms with Crippen LogP contribution in [0, 0.1) is 0 Å². The van der Waals surface area contributed by atoms with Crippen LogP contribution < -0.4 is 5.73 Å². The summed E-state index contributed by atoms with van der Waals surface area (Å²) in [5, 5.41) is 3.31. The summed E-state index contributed by atoms with van der Waals surface area (Å²) in [7, 11) is 0. The molecule has 2 N–H and O–H groups in total. The molecular formula is C12H8F3N5. The van der Waals surface area contributed by atoms with Crippen molar-refractivity contribution in [1.82, 2.24) is 19.6 Å². The largest absolute Gasteiger partial charge is 0.453 e. The van der Waals surface area contributed by atoms with Gasteiger partial charge in [-0.05, 0) is 0 Å². The van der Waals surface area contributed by atoms with Gasteiger partial charge in [0.2, 0.25) is 5.95 Å². The lowest BCUT2D eigenvalue weighted by atomic mass is 10.1. The second-order valence-corrected chi connectivity index (χ2v) is 4.07. The first kappa shape index (κ1) is 12.4. The zero-order valence-electron chi connectivity index (χ0n) is 9.96. The Morgan fingerprint density at radius 3 is 2.40 bits per heavy atom. The number of nitrogens with zero attached hydrogens (tertiary/aromatic N) is 4. The van der Waals surface area contributed by atoms with Crippen LogP contribution in [0.5, 0.6) is 0 Å². The maximum Gasteiger partial charge on any atom is 0.453 e. The summed E-state index contributed by atoms with van der Waals surface area (Å²) in [6.07, 6.45) is -4.62. The minimum absolute atomic E-state index is 0.00341. The van der Waals surface area contributed by atoms with Gasteiger partial charge in [0.15, 0.2) is 5.65 Å². The lowest BCUT2D eigenvalue weighted by molar-refractivity contribution is -0.144. The Morgan fingerprint density at radius 2 is 1.75 bits per heavy atom. The van der Waals surface area contributed by atoms with Gasteiger partial charge in [-0.25, -0.2) is 9.97 Å². The van der Waals surface area contributed by atoms with Crippen molar-refractivity contribution in [3.8, 4) is 11.3 Å². The van der Waals surface area contributed by atoms with E-state index in [0.717, 1.165) is 10.1 Å². The third-order valence-corrected chi connectivity index (χ3v) is 2.67. The fourth-order valence-electron chi connectivity index (χ4n) is 1.79. The molecule has 3 aromatic rings. The zero-order chi connectivity index (χ0) is 14.3. The van der Waals surface area contributed by atoms with Crippen molar-refractivity contribution in [3.63, 3.8) is 0 Å². The number of rotatable bonds is 1. The summed E-state index contributed by atoms with van der Waals surface area (Å²) in [6, 6.07) is 10.4. The summed E-state index contributed by atoms with van der Waals surface area (Å²) < 4.78 is 38.6. The number of hydrogen-bond acceptors (Lipinski definition) is 4. The van der Waals surface area contributed by atoms with Crippen LogP contribution in [0.15, 0.2) is 36.4 Å². The molecule has 102 valence electrons. The van der Waals surface area contributed by atoms with E-state index in [1.165, 1.54) is 6.07 Å². The van der Waals surface area contributed by atoms with Gasteiger partial charge in [-0.2, -0.15) is 17.7 Å². The second kappa shape index (κ2) is 4.19. The number of fused-ring (bicyclic) bond motifs is 1. The van der Waals surface area contributed by atoms with Gasteiger partial charge in [0.1, 0.15) is 0 Å². The van der Waals surface area contributed by atoms with Crippen molar-refractivity contribution in [1.29, 1.82) is 0 Å². The minimum atomic E-state index is -4.62. The SMILES string of the molecule is Nc1nc(-c2ccccc2)cc2nc(C(F)(F)F)nn12. The zero-order valence-corrected chi connectivity index (χ0v) is 9.96. The molecule has 2 heterocycles. The molecule has 0 fully saturated rings. The minimum Gasteiger partial charge on any atom is -0.368 e. The summed E-state index contributed by atoms with van der Waals surface area (Å²) in [4.78, 5) is 7.48. The number of alkyl halides is 3. The molecule has 0 saturated carbocycles. The maximum absolute atomic E-state index is 12.6. The van der Waals surface area contributed by atoms with Gasteiger partial charge in [0.25, 0.3) is 5.82 Å². The third kappa shape index (κ3) is 2.04. The highest BCUT2D eigenvalue weighted by atomic mass is 19.4. The average molecular weight is 279 g/mol. The molecule has 0 atom stereocenters. The van der Waals surface area contributed by atoms with Crippen molar-refractivity contribution in [3.05, 3.63) is 42.2 Å². The molecule has 0 amide bonds. The van der Waals surface area contributed by atoms with Crippen LogP contribution in [0.3, 0.4) is 0 Å². The number of hydrogen-bond donors (Lipinski definition) is 1. The van der Waals surface area contributed by atoms with Crippen LogP contribution in [-0.2, 0) is 6.18 Å². The molecule has 0 unspecified atom stereocenters. The molecule has 0 aliphatic rings. The predicted octanol–water partition coefficient (Wildman–Crippen LogP) is 2.39. The smallest absolute Gasteiger partial charge is 0.368 e. The number of nitrogens with two attached hydrogens (primary N) is 1. The van der Waals surface area contributed by atoms with Crippen LogP contribution in [0.4, 0.5) is 19.1 Å². The molecule has 1 aromatic carbocycles. The van der Waals surface area contributed by atoms with E-state index < -0.39 is 12.0 Å². The first-order chi connectivity index (χ1) is 9.45. The van der Waals surface area contributed by atoms with Crippen LogP contribution in [-0.4, -0.2) is 19.6 Å². The summed E-state index contributed by atoms with van der Waals surface area (Å²) in [5.74, 6) is -1.39. The average Bonchev–Trinajstić information content (AvgIpc) is 2.84. The summed E-state index contributed by atoms with van der Waals surface area (Å²) >= 11 is 0. The van der Waals surface area contributed by atoms with Gasteiger partial charge in [-0.15, -0.1) is 5.10 Å². The Labute approximate surface area is 110 Å². The normalized spacial score (nSPS) is 11.9. The molecule has 20 heavy (non-hydrogen) atoms. The van der Waals surface area contributed by atoms with Crippen LogP contribution in [0.1, 0.15) is 5.82 Å². The first-order valence-corrected chi connectivity index (χ1v) is 5.61. The van der Waals surface area contributed by atoms with E-state index in [0.29, 0.717) is 5.69 Å².